The smallest absolute Gasteiger partial charge is 0.102 e. The van der Waals surface area contributed by atoms with Crippen molar-refractivity contribution in [2.45, 2.75) is 20.3 Å². The lowest BCUT2D eigenvalue weighted by molar-refractivity contribution is 0.246. The number of ether oxygens (including phenoxy) is 1. The third kappa shape index (κ3) is 1.65. The van der Waals surface area contributed by atoms with E-state index in [1.165, 1.54) is 4.91 Å². The highest BCUT2D eigenvalue weighted by atomic mass is 32.2. The maximum absolute atomic E-state index is 5.28. The molecule has 1 aliphatic rings. The normalized spacial score (nSPS) is 18.4. The first kappa shape index (κ1) is 7.00. The van der Waals surface area contributed by atoms with Crippen LogP contribution < -0.4 is 0 Å². The van der Waals surface area contributed by atoms with Crippen molar-refractivity contribution in [2.24, 2.45) is 0 Å². The summed E-state index contributed by atoms with van der Waals surface area (Å²) in [7, 11) is 0. The Bertz CT molecular complexity index is 129. The number of thioether (sulfide) groups is 1. The first-order valence-electron chi connectivity index (χ1n) is 3.30. The molecule has 0 spiro atoms. The molecule has 0 aromatic rings. The summed E-state index contributed by atoms with van der Waals surface area (Å²) in [6.07, 6.45) is 1.13. The van der Waals surface area contributed by atoms with Crippen molar-refractivity contribution < 1.29 is 4.74 Å². The van der Waals surface area contributed by atoms with Crippen molar-refractivity contribution in [2.75, 3.05) is 12.4 Å². The van der Waals surface area contributed by atoms with Gasteiger partial charge in [0, 0.05) is 11.3 Å². The minimum atomic E-state index is 0.897. The van der Waals surface area contributed by atoms with E-state index in [-0.39, 0.29) is 0 Å². The summed E-state index contributed by atoms with van der Waals surface area (Å²) in [5.74, 6) is 2.30. The Morgan fingerprint density at radius 3 is 2.89 bits per heavy atom. The molecule has 0 unspecified atom stereocenters. The molecule has 0 saturated heterocycles. The minimum absolute atomic E-state index is 0.897. The van der Waals surface area contributed by atoms with E-state index >= 15 is 0 Å². The summed E-state index contributed by atoms with van der Waals surface area (Å²) in [4.78, 5) is 1.44. The fourth-order valence-electron chi connectivity index (χ4n) is 0.901. The third-order valence-corrected chi connectivity index (χ3v) is 2.49. The van der Waals surface area contributed by atoms with Gasteiger partial charge in [-0.3, -0.25) is 0 Å². The predicted molar refractivity (Wildman–Crippen MR) is 41.4 cm³/mol. The van der Waals surface area contributed by atoms with E-state index in [0.29, 0.717) is 0 Å². The van der Waals surface area contributed by atoms with Gasteiger partial charge >= 0.3 is 0 Å². The second kappa shape index (κ2) is 3.16. The molecule has 1 heterocycles. The van der Waals surface area contributed by atoms with Crippen molar-refractivity contribution in [3.63, 3.8) is 0 Å². The Hall–Kier alpha value is -0.110. The van der Waals surface area contributed by atoms with Crippen molar-refractivity contribution in [1.82, 2.24) is 0 Å². The van der Waals surface area contributed by atoms with E-state index in [1.807, 2.05) is 18.7 Å². The largest absolute Gasteiger partial charge is 0.497 e. The Kier molecular flexibility index (Phi) is 2.46. The molecule has 1 rings (SSSR count). The van der Waals surface area contributed by atoms with Gasteiger partial charge in [0.15, 0.2) is 0 Å². The van der Waals surface area contributed by atoms with Crippen molar-refractivity contribution in [1.29, 1.82) is 0 Å². The van der Waals surface area contributed by atoms with E-state index in [4.69, 9.17) is 4.74 Å². The molecular formula is C7H12OS. The Morgan fingerprint density at radius 2 is 2.44 bits per heavy atom. The second-order valence-electron chi connectivity index (χ2n) is 2.01. The molecule has 52 valence electrons. The summed E-state index contributed by atoms with van der Waals surface area (Å²) in [5.41, 5.74) is 0. The SMILES string of the molecule is CCSC1=C(C)OCC1. The first-order chi connectivity index (χ1) is 4.34. The quantitative estimate of drug-likeness (QED) is 0.588. The van der Waals surface area contributed by atoms with E-state index in [9.17, 15) is 0 Å². The zero-order valence-corrected chi connectivity index (χ0v) is 6.75. The van der Waals surface area contributed by atoms with Crippen LogP contribution in [0.2, 0.25) is 0 Å². The van der Waals surface area contributed by atoms with Crippen molar-refractivity contribution >= 4 is 11.8 Å². The van der Waals surface area contributed by atoms with Gasteiger partial charge in [-0.05, 0) is 12.7 Å². The summed E-state index contributed by atoms with van der Waals surface area (Å²) >= 11 is 1.90. The van der Waals surface area contributed by atoms with Crippen LogP contribution in [-0.4, -0.2) is 12.4 Å². The molecule has 0 aromatic carbocycles. The minimum Gasteiger partial charge on any atom is -0.497 e. The zero-order valence-electron chi connectivity index (χ0n) is 5.94. The van der Waals surface area contributed by atoms with Gasteiger partial charge in [0.1, 0.15) is 5.76 Å². The number of rotatable bonds is 2. The second-order valence-corrected chi connectivity index (χ2v) is 3.37. The van der Waals surface area contributed by atoms with Gasteiger partial charge in [-0.25, -0.2) is 0 Å². The van der Waals surface area contributed by atoms with Crippen LogP contribution in [0.5, 0.6) is 0 Å². The van der Waals surface area contributed by atoms with Gasteiger partial charge < -0.3 is 4.74 Å². The molecule has 0 amide bonds. The average molecular weight is 144 g/mol. The topological polar surface area (TPSA) is 9.23 Å². The fraction of sp³-hybridized carbons (Fsp3) is 0.714. The Balaban J connectivity index is 2.45. The highest BCUT2D eigenvalue weighted by Gasteiger charge is 2.10. The van der Waals surface area contributed by atoms with Gasteiger partial charge in [0.2, 0.25) is 0 Å². The molecule has 0 aliphatic carbocycles. The maximum atomic E-state index is 5.28. The van der Waals surface area contributed by atoms with E-state index in [0.717, 1.165) is 24.5 Å². The third-order valence-electron chi connectivity index (χ3n) is 1.36. The molecule has 0 saturated carbocycles. The van der Waals surface area contributed by atoms with Crippen LogP contribution >= 0.6 is 11.8 Å². The molecule has 1 nitrogen and oxygen atoms in total. The molecule has 0 aromatic heterocycles. The van der Waals surface area contributed by atoms with Crippen LogP contribution in [0.25, 0.3) is 0 Å². The van der Waals surface area contributed by atoms with Gasteiger partial charge in [-0.15, -0.1) is 11.8 Å². The van der Waals surface area contributed by atoms with Crippen LogP contribution in [0.1, 0.15) is 20.3 Å². The molecule has 0 atom stereocenters. The summed E-state index contributed by atoms with van der Waals surface area (Å²) in [6, 6.07) is 0. The number of allylic oxidation sites excluding steroid dienone is 1. The Morgan fingerprint density at radius 1 is 1.67 bits per heavy atom. The summed E-state index contributed by atoms with van der Waals surface area (Å²) in [5, 5.41) is 0. The predicted octanol–water partition coefficient (Wildman–Crippen LogP) is 2.39. The fourth-order valence-corrected chi connectivity index (χ4v) is 1.74. The van der Waals surface area contributed by atoms with Crippen molar-refractivity contribution in [3.05, 3.63) is 10.7 Å². The van der Waals surface area contributed by atoms with E-state index in [1.54, 1.807) is 0 Å². The van der Waals surface area contributed by atoms with Gasteiger partial charge in [0.05, 0.1) is 6.61 Å². The molecule has 0 fully saturated rings. The highest BCUT2D eigenvalue weighted by Crippen LogP contribution is 2.28. The molecule has 2 heteroatoms. The van der Waals surface area contributed by atoms with Crippen molar-refractivity contribution in [3.8, 4) is 0 Å². The van der Waals surface area contributed by atoms with Crippen LogP contribution in [-0.2, 0) is 4.74 Å². The lowest BCUT2D eigenvalue weighted by Gasteiger charge is -1.96. The first-order valence-corrected chi connectivity index (χ1v) is 4.28. The van der Waals surface area contributed by atoms with Gasteiger partial charge in [0.25, 0.3) is 0 Å². The molecule has 0 bridgehead atoms. The standard InChI is InChI=1S/C7H12OS/c1-3-9-7-4-5-8-6(7)2/h3-5H2,1-2H3. The molecule has 0 radical (unpaired) electrons. The number of hydrogen-bond donors (Lipinski definition) is 0. The number of hydrogen-bond acceptors (Lipinski definition) is 2. The average Bonchev–Trinajstić information content (AvgIpc) is 2.18. The van der Waals surface area contributed by atoms with Gasteiger partial charge in [-0.1, -0.05) is 6.92 Å². The van der Waals surface area contributed by atoms with Crippen LogP contribution in [0.15, 0.2) is 10.7 Å². The van der Waals surface area contributed by atoms with Gasteiger partial charge in [-0.2, -0.15) is 0 Å². The molecule has 9 heavy (non-hydrogen) atoms. The maximum Gasteiger partial charge on any atom is 0.102 e. The van der Waals surface area contributed by atoms with Crippen LogP contribution in [0, 0.1) is 0 Å². The summed E-state index contributed by atoms with van der Waals surface area (Å²) < 4.78 is 5.28. The molecule has 0 N–H and O–H groups in total. The Labute approximate surface area is 60.5 Å². The molecule has 1 aliphatic heterocycles. The van der Waals surface area contributed by atoms with Crippen LogP contribution in [0.4, 0.5) is 0 Å². The van der Waals surface area contributed by atoms with E-state index < -0.39 is 0 Å². The highest BCUT2D eigenvalue weighted by molar-refractivity contribution is 8.03. The van der Waals surface area contributed by atoms with Crippen LogP contribution in [0.3, 0.4) is 0 Å². The van der Waals surface area contributed by atoms with E-state index in [2.05, 4.69) is 6.92 Å². The zero-order chi connectivity index (χ0) is 6.69. The summed E-state index contributed by atoms with van der Waals surface area (Å²) in [6.45, 7) is 5.11. The lowest BCUT2D eigenvalue weighted by Crippen LogP contribution is -1.76. The monoisotopic (exact) mass is 144 g/mol. The molecular weight excluding hydrogens is 132 g/mol. The lowest BCUT2D eigenvalue weighted by atomic mass is 10.4.